The van der Waals surface area contributed by atoms with Crippen LogP contribution >= 0.6 is 15.9 Å². The van der Waals surface area contributed by atoms with Crippen molar-refractivity contribution < 1.29 is 0 Å². The Kier molecular flexibility index (Phi) is 3.29. The lowest BCUT2D eigenvalue weighted by molar-refractivity contribution is 0.843. The van der Waals surface area contributed by atoms with Crippen molar-refractivity contribution in [2.75, 3.05) is 0 Å². The van der Waals surface area contributed by atoms with Crippen LogP contribution in [0.3, 0.4) is 0 Å². The molecule has 82 valence electrons. The summed E-state index contributed by atoms with van der Waals surface area (Å²) in [5.74, 6) is 2.37. The Morgan fingerprint density at radius 1 is 1.06 bits per heavy atom. The molecule has 0 radical (unpaired) electrons. The first-order valence-corrected chi connectivity index (χ1v) is 5.85. The van der Waals surface area contributed by atoms with E-state index >= 15 is 0 Å². The Labute approximate surface area is 103 Å². The van der Waals surface area contributed by atoms with Crippen molar-refractivity contribution in [1.29, 1.82) is 0 Å². The Morgan fingerprint density at radius 3 is 2.38 bits per heavy atom. The molecular weight excluding hydrogens is 266 g/mol. The van der Waals surface area contributed by atoms with E-state index in [0.717, 1.165) is 28.4 Å². The highest BCUT2D eigenvalue weighted by Crippen LogP contribution is 2.13. The normalized spacial score (nSPS) is 10.4. The van der Waals surface area contributed by atoms with Crippen LogP contribution in [0.5, 0.6) is 0 Å². The minimum atomic E-state index is 0.740. The molecule has 2 rings (SSSR count). The Morgan fingerprint density at radius 2 is 1.75 bits per heavy atom. The second-order valence-electron chi connectivity index (χ2n) is 3.65. The average Bonchev–Trinajstić information content (AvgIpc) is 2.15. The van der Waals surface area contributed by atoms with Crippen LogP contribution in [-0.4, -0.2) is 15.0 Å². The van der Waals surface area contributed by atoms with Crippen molar-refractivity contribution in [3.8, 4) is 0 Å². The fraction of sp³-hybridized carbons (Fsp3) is 0.250. The van der Waals surface area contributed by atoms with Crippen LogP contribution in [0.15, 0.2) is 28.7 Å². The molecule has 16 heavy (non-hydrogen) atoms. The van der Waals surface area contributed by atoms with Crippen LogP contribution < -0.4 is 0 Å². The van der Waals surface area contributed by atoms with E-state index in [1.807, 2.05) is 26.0 Å². The summed E-state index contributed by atoms with van der Waals surface area (Å²) in [5, 5.41) is 0. The van der Waals surface area contributed by atoms with Gasteiger partial charge in [0.25, 0.3) is 0 Å². The van der Waals surface area contributed by atoms with E-state index in [0.29, 0.717) is 0 Å². The predicted molar refractivity (Wildman–Crippen MR) is 66.2 cm³/mol. The van der Waals surface area contributed by atoms with Crippen LogP contribution in [0.25, 0.3) is 0 Å². The van der Waals surface area contributed by atoms with Gasteiger partial charge >= 0.3 is 0 Å². The lowest BCUT2D eigenvalue weighted by Crippen LogP contribution is -2.03. The average molecular weight is 278 g/mol. The molecule has 4 heteroatoms. The van der Waals surface area contributed by atoms with Crippen molar-refractivity contribution in [3.63, 3.8) is 0 Å². The quantitative estimate of drug-likeness (QED) is 0.847. The highest BCUT2D eigenvalue weighted by molar-refractivity contribution is 9.10. The van der Waals surface area contributed by atoms with Gasteiger partial charge in [0.2, 0.25) is 0 Å². The van der Waals surface area contributed by atoms with E-state index < -0.39 is 0 Å². The third kappa shape index (κ3) is 2.85. The molecule has 0 aliphatic heterocycles. The van der Waals surface area contributed by atoms with Crippen LogP contribution in [0, 0.1) is 13.8 Å². The number of rotatable bonds is 2. The third-order valence-corrected chi connectivity index (χ3v) is 2.65. The van der Waals surface area contributed by atoms with Gasteiger partial charge in [-0.15, -0.1) is 0 Å². The molecule has 1 heterocycles. The SMILES string of the molecule is Cc1nc(C)nc(Cc2cccc(Br)c2)n1. The van der Waals surface area contributed by atoms with Crippen LogP contribution in [0.4, 0.5) is 0 Å². The maximum atomic E-state index is 4.32. The number of aryl methyl sites for hydroxylation is 2. The maximum Gasteiger partial charge on any atom is 0.136 e. The second kappa shape index (κ2) is 4.70. The Balaban J connectivity index is 2.27. The summed E-state index contributed by atoms with van der Waals surface area (Å²) in [6.07, 6.45) is 0.740. The summed E-state index contributed by atoms with van der Waals surface area (Å²) in [5.41, 5.74) is 1.19. The molecule has 3 nitrogen and oxygen atoms in total. The standard InChI is InChI=1S/C12H12BrN3/c1-8-14-9(2)16-12(15-8)7-10-4-3-5-11(13)6-10/h3-6H,7H2,1-2H3. The van der Waals surface area contributed by atoms with Gasteiger partial charge in [0.1, 0.15) is 17.5 Å². The summed E-state index contributed by atoms with van der Waals surface area (Å²) < 4.78 is 1.08. The van der Waals surface area contributed by atoms with Gasteiger partial charge in [0.15, 0.2) is 0 Å². The minimum absolute atomic E-state index is 0.740. The number of halogens is 1. The van der Waals surface area contributed by atoms with Crippen LogP contribution in [0.2, 0.25) is 0 Å². The summed E-state index contributed by atoms with van der Waals surface area (Å²) in [4.78, 5) is 12.8. The molecule has 1 aromatic carbocycles. The Hall–Kier alpha value is -1.29. The molecule has 0 saturated carbocycles. The highest BCUT2D eigenvalue weighted by atomic mass is 79.9. The third-order valence-electron chi connectivity index (χ3n) is 2.16. The minimum Gasteiger partial charge on any atom is -0.219 e. The largest absolute Gasteiger partial charge is 0.219 e. The van der Waals surface area contributed by atoms with Gasteiger partial charge in [-0.3, -0.25) is 0 Å². The maximum absolute atomic E-state index is 4.32. The molecule has 0 bridgehead atoms. The Bertz CT molecular complexity index is 491. The fourth-order valence-corrected chi connectivity index (χ4v) is 2.04. The summed E-state index contributed by atoms with van der Waals surface area (Å²) >= 11 is 3.45. The van der Waals surface area contributed by atoms with E-state index in [4.69, 9.17) is 0 Å². The van der Waals surface area contributed by atoms with Gasteiger partial charge in [-0.1, -0.05) is 28.1 Å². The first kappa shape index (κ1) is 11.2. The molecule has 1 aromatic heterocycles. The number of benzene rings is 1. The first-order chi connectivity index (χ1) is 7.63. The lowest BCUT2D eigenvalue weighted by atomic mass is 10.1. The zero-order chi connectivity index (χ0) is 11.5. The molecule has 0 N–H and O–H groups in total. The van der Waals surface area contributed by atoms with Gasteiger partial charge in [0, 0.05) is 10.9 Å². The van der Waals surface area contributed by atoms with Crippen molar-refractivity contribution in [3.05, 3.63) is 51.8 Å². The number of aromatic nitrogens is 3. The van der Waals surface area contributed by atoms with E-state index in [9.17, 15) is 0 Å². The lowest BCUT2D eigenvalue weighted by Gasteiger charge is -2.03. The van der Waals surface area contributed by atoms with Crippen molar-refractivity contribution in [2.24, 2.45) is 0 Å². The van der Waals surface area contributed by atoms with E-state index in [1.54, 1.807) is 0 Å². The topological polar surface area (TPSA) is 38.7 Å². The van der Waals surface area contributed by atoms with Gasteiger partial charge in [-0.05, 0) is 31.5 Å². The van der Waals surface area contributed by atoms with Crippen molar-refractivity contribution in [2.45, 2.75) is 20.3 Å². The molecule has 0 saturated heterocycles. The van der Waals surface area contributed by atoms with Gasteiger partial charge in [-0.2, -0.15) is 0 Å². The van der Waals surface area contributed by atoms with E-state index in [-0.39, 0.29) is 0 Å². The number of nitrogens with zero attached hydrogens (tertiary/aromatic N) is 3. The van der Waals surface area contributed by atoms with Crippen LogP contribution in [-0.2, 0) is 6.42 Å². The number of hydrogen-bond acceptors (Lipinski definition) is 3. The molecule has 2 aromatic rings. The van der Waals surface area contributed by atoms with Gasteiger partial charge < -0.3 is 0 Å². The van der Waals surface area contributed by atoms with Crippen LogP contribution in [0.1, 0.15) is 23.0 Å². The molecule has 0 fully saturated rings. The molecule has 0 unspecified atom stereocenters. The van der Waals surface area contributed by atoms with Gasteiger partial charge in [-0.25, -0.2) is 15.0 Å². The monoisotopic (exact) mass is 277 g/mol. The molecule has 0 spiro atoms. The molecular formula is C12H12BrN3. The zero-order valence-corrected chi connectivity index (χ0v) is 10.8. The summed E-state index contributed by atoms with van der Waals surface area (Å²) in [7, 11) is 0. The van der Waals surface area contributed by atoms with Crippen molar-refractivity contribution >= 4 is 15.9 Å². The van der Waals surface area contributed by atoms with Crippen molar-refractivity contribution in [1.82, 2.24) is 15.0 Å². The van der Waals surface area contributed by atoms with Gasteiger partial charge in [0.05, 0.1) is 0 Å². The fourth-order valence-electron chi connectivity index (χ4n) is 1.59. The second-order valence-corrected chi connectivity index (χ2v) is 4.57. The molecule has 0 aliphatic rings. The summed E-state index contributed by atoms with van der Waals surface area (Å²) in [6.45, 7) is 3.78. The first-order valence-electron chi connectivity index (χ1n) is 5.06. The molecule has 0 amide bonds. The predicted octanol–water partition coefficient (Wildman–Crippen LogP) is 2.84. The summed E-state index contributed by atoms with van der Waals surface area (Å²) in [6, 6.07) is 8.17. The smallest absolute Gasteiger partial charge is 0.136 e. The molecule has 0 aliphatic carbocycles. The van der Waals surface area contributed by atoms with E-state index in [2.05, 4.69) is 43.0 Å². The van der Waals surface area contributed by atoms with E-state index in [1.165, 1.54) is 5.56 Å². The number of hydrogen-bond donors (Lipinski definition) is 0. The highest BCUT2D eigenvalue weighted by Gasteiger charge is 2.02. The molecule has 0 atom stereocenters. The zero-order valence-electron chi connectivity index (χ0n) is 9.24.